The maximum absolute atomic E-state index is 11.1. The van der Waals surface area contributed by atoms with Crippen LogP contribution < -0.4 is 5.32 Å². The van der Waals surface area contributed by atoms with Gasteiger partial charge in [-0.1, -0.05) is 43.3 Å². The summed E-state index contributed by atoms with van der Waals surface area (Å²) in [4.78, 5) is 11.1. The van der Waals surface area contributed by atoms with Gasteiger partial charge >= 0.3 is 5.97 Å². The number of carbonyl (C=O) groups is 1. The molecule has 1 atom stereocenters. The summed E-state index contributed by atoms with van der Waals surface area (Å²) in [5.74, 6) is -0.897. The molecule has 0 fully saturated rings. The van der Waals surface area contributed by atoms with Gasteiger partial charge in [-0.15, -0.1) is 0 Å². The molecule has 2 aromatic carbocycles. The number of fused-ring (bicyclic) bond motifs is 1. The summed E-state index contributed by atoms with van der Waals surface area (Å²) < 4.78 is 6.18. The molecular formula is C20H23NO3. The van der Waals surface area contributed by atoms with E-state index < -0.39 is 5.97 Å². The molecule has 0 bridgehead atoms. The van der Waals surface area contributed by atoms with Crippen molar-refractivity contribution in [2.45, 2.75) is 31.9 Å². The Morgan fingerprint density at radius 2 is 2.08 bits per heavy atom. The van der Waals surface area contributed by atoms with Crippen molar-refractivity contribution in [1.82, 2.24) is 5.32 Å². The third-order valence-electron chi connectivity index (χ3n) is 4.74. The van der Waals surface area contributed by atoms with Crippen LogP contribution in [-0.2, 0) is 23.3 Å². The van der Waals surface area contributed by atoms with Crippen LogP contribution in [0.2, 0.25) is 0 Å². The first-order chi connectivity index (χ1) is 11.6. The van der Waals surface area contributed by atoms with E-state index >= 15 is 0 Å². The Kier molecular flexibility index (Phi) is 4.97. The van der Waals surface area contributed by atoms with E-state index in [0.717, 1.165) is 25.0 Å². The van der Waals surface area contributed by atoms with E-state index in [1.807, 2.05) is 6.07 Å². The zero-order valence-electron chi connectivity index (χ0n) is 13.9. The van der Waals surface area contributed by atoms with Crippen LogP contribution in [0.25, 0.3) is 0 Å². The minimum Gasteiger partial charge on any atom is -0.478 e. The molecule has 1 aliphatic rings. The molecule has 1 aliphatic heterocycles. The molecule has 24 heavy (non-hydrogen) atoms. The minimum absolute atomic E-state index is 0.306. The van der Waals surface area contributed by atoms with Gasteiger partial charge in [0.15, 0.2) is 0 Å². The Bertz CT molecular complexity index is 728. The number of carboxylic acid groups (broad SMARTS) is 1. The fraction of sp³-hybridized carbons (Fsp3) is 0.350. The average Bonchev–Trinajstić information content (AvgIpc) is 2.62. The molecule has 1 unspecified atom stereocenters. The van der Waals surface area contributed by atoms with Crippen molar-refractivity contribution in [3.8, 4) is 0 Å². The van der Waals surface area contributed by atoms with Crippen molar-refractivity contribution >= 4 is 5.97 Å². The Labute approximate surface area is 142 Å². The van der Waals surface area contributed by atoms with E-state index in [2.05, 4.69) is 36.5 Å². The van der Waals surface area contributed by atoms with E-state index in [4.69, 9.17) is 9.84 Å². The standard InChI is InChI=1S/C20H23NO3/c1-2-20(18-9-4-3-7-16(18)10-11-24-20)14-21-13-15-6-5-8-17(12-15)19(22)23/h3-9,12,21H,2,10-11,13-14H2,1H3,(H,22,23). The van der Waals surface area contributed by atoms with Crippen molar-refractivity contribution in [3.05, 3.63) is 70.8 Å². The molecule has 0 saturated heterocycles. The highest BCUT2D eigenvalue weighted by Gasteiger charge is 2.35. The lowest BCUT2D eigenvalue weighted by Crippen LogP contribution is -2.43. The summed E-state index contributed by atoms with van der Waals surface area (Å²) in [6.45, 7) is 4.21. The van der Waals surface area contributed by atoms with Crippen molar-refractivity contribution < 1.29 is 14.6 Å². The summed E-state index contributed by atoms with van der Waals surface area (Å²) in [7, 11) is 0. The molecule has 4 heteroatoms. The molecule has 0 amide bonds. The lowest BCUT2D eigenvalue weighted by molar-refractivity contribution is -0.0621. The molecule has 0 spiro atoms. The molecule has 0 saturated carbocycles. The van der Waals surface area contributed by atoms with Crippen molar-refractivity contribution in [2.24, 2.45) is 0 Å². The molecule has 3 rings (SSSR count). The number of benzene rings is 2. The number of ether oxygens (including phenoxy) is 1. The van der Waals surface area contributed by atoms with Gasteiger partial charge in [0.25, 0.3) is 0 Å². The SMILES string of the molecule is CCC1(CNCc2cccc(C(=O)O)c2)OCCc2ccccc21. The first-order valence-electron chi connectivity index (χ1n) is 8.40. The molecule has 126 valence electrons. The second-order valence-electron chi connectivity index (χ2n) is 6.21. The summed E-state index contributed by atoms with van der Waals surface area (Å²) in [6, 6.07) is 15.5. The normalized spacial score (nSPS) is 19.7. The average molecular weight is 325 g/mol. The van der Waals surface area contributed by atoms with Crippen LogP contribution in [0.4, 0.5) is 0 Å². The van der Waals surface area contributed by atoms with Crippen LogP contribution in [0.1, 0.15) is 40.4 Å². The van der Waals surface area contributed by atoms with E-state index in [1.54, 1.807) is 18.2 Å². The van der Waals surface area contributed by atoms with Crippen LogP contribution in [-0.4, -0.2) is 24.2 Å². The number of rotatable bonds is 6. The van der Waals surface area contributed by atoms with Crippen LogP contribution in [0.3, 0.4) is 0 Å². The third-order valence-corrected chi connectivity index (χ3v) is 4.74. The van der Waals surface area contributed by atoms with Crippen LogP contribution in [0.15, 0.2) is 48.5 Å². The second-order valence-corrected chi connectivity index (χ2v) is 6.21. The number of hydrogen-bond donors (Lipinski definition) is 2. The highest BCUT2D eigenvalue weighted by atomic mass is 16.5. The number of carboxylic acids is 1. The Morgan fingerprint density at radius 1 is 1.25 bits per heavy atom. The van der Waals surface area contributed by atoms with E-state index in [-0.39, 0.29) is 5.60 Å². The number of hydrogen-bond acceptors (Lipinski definition) is 3. The second kappa shape index (κ2) is 7.16. The summed E-state index contributed by atoms with van der Waals surface area (Å²) >= 11 is 0. The van der Waals surface area contributed by atoms with Gasteiger partial charge in [0.2, 0.25) is 0 Å². The van der Waals surface area contributed by atoms with Gasteiger partial charge in [0, 0.05) is 13.1 Å². The first-order valence-corrected chi connectivity index (χ1v) is 8.40. The number of aromatic carboxylic acids is 1. The van der Waals surface area contributed by atoms with Gasteiger partial charge in [0.05, 0.1) is 12.2 Å². The van der Waals surface area contributed by atoms with Crippen molar-refractivity contribution in [1.29, 1.82) is 0 Å². The maximum Gasteiger partial charge on any atom is 0.335 e. The molecule has 2 N–H and O–H groups in total. The maximum atomic E-state index is 11.1. The quantitative estimate of drug-likeness (QED) is 0.855. The van der Waals surface area contributed by atoms with Crippen LogP contribution >= 0.6 is 0 Å². The topological polar surface area (TPSA) is 58.6 Å². The third kappa shape index (κ3) is 3.35. The molecule has 0 radical (unpaired) electrons. The van der Waals surface area contributed by atoms with Crippen LogP contribution in [0.5, 0.6) is 0 Å². The molecule has 2 aromatic rings. The highest BCUT2D eigenvalue weighted by Crippen LogP contribution is 2.35. The van der Waals surface area contributed by atoms with Crippen LogP contribution in [0, 0.1) is 0 Å². The minimum atomic E-state index is -0.897. The summed E-state index contributed by atoms with van der Waals surface area (Å²) in [6.07, 6.45) is 1.85. The lowest BCUT2D eigenvalue weighted by atomic mass is 9.84. The largest absolute Gasteiger partial charge is 0.478 e. The Hall–Kier alpha value is -2.17. The van der Waals surface area contributed by atoms with Gasteiger partial charge in [-0.2, -0.15) is 0 Å². The van der Waals surface area contributed by atoms with E-state index in [1.165, 1.54) is 11.1 Å². The van der Waals surface area contributed by atoms with Gasteiger partial charge in [-0.05, 0) is 41.7 Å². The Balaban J connectivity index is 1.71. The van der Waals surface area contributed by atoms with E-state index in [0.29, 0.717) is 18.7 Å². The first kappa shape index (κ1) is 16.7. The Morgan fingerprint density at radius 3 is 2.88 bits per heavy atom. The molecular weight excluding hydrogens is 302 g/mol. The van der Waals surface area contributed by atoms with Gasteiger partial charge in [-0.25, -0.2) is 4.79 Å². The zero-order chi connectivity index (χ0) is 17.0. The summed E-state index contributed by atoms with van der Waals surface area (Å²) in [5, 5.41) is 12.5. The molecule has 0 aromatic heterocycles. The van der Waals surface area contributed by atoms with Gasteiger partial charge < -0.3 is 15.2 Å². The molecule has 4 nitrogen and oxygen atoms in total. The summed E-state index contributed by atoms with van der Waals surface area (Å²) in [5.41, 5.74) is 3.61. The van der Waals surface area contributed by atoms with E-state index in [9.17, 15) is 4.79 Å². The fourth-order valence-electron chi connectivity index (χ4n) is 3.40. The fourth-order valence-corrected chi connectivity index (χ4v) is 3.40. The van der Waals surface area contributed by atoms with Gasteiger partial charge in [-0.3, -0.25) is 0 Å². The predicted octanol–water partition coefficient (Wildman–Crippen LogP) is 3.35. The number of nitrogens with one attached hydrogen (secondary N) is 1. The highest BCUT2D eigenvalue weighted by molar-refractivity contribution is 5.87. The predicted molar refractivity (Wildman–Crippen MR) is 93.2 cm³/mol. The van der Waals surface area contributed by atoms with Crippen molar-refractivity contribution in [3.63, 3.8) is 0 Å². The van der Waals surface area contributed by atoms with Gasteiger partial charge in [0.1, 0.15) is 5.60 Å². The lowest BCUT2D eigenvalue weighted by Gasteiger charge is -2.39. The molecule has 1 heterocycles. The van der Waals surface area contributed by atoms with Crippen molar-refractivity contribution in [2.75, 3.05) is 13.2 Å². The molecule has 0 aliphatic carbocycles. The smallest absolute Gasteiger partial charge is 0.335 e. The monoisotopic (exact) mass is 325 g/mol. The zero-order valence-corrected chi connectivity index (χ0v) is 13.9.